The molecule has 0 saturated heterocycles. The molecule has 0 spiro atoms. The number of benzene rings is 2. The number of hydrogen-bond donors (Lipinski definition) is 0. The molecule has 0 aliphatic rings. The summed E-state index contributed by atoms with van der Waals surface area (Å²) in [6.45, 7) is 2.40. The van der Waals surface area contributed by atoms with Crippen LogP contribution in [0.15, 0.2) is 51.7 Å². The Labute approximate surface area is 149 Å². The summed E-state index contributed by atoms with van der Waals surface area (Å²) in [7, 11) is 1.58. The number of aromatic nitrogens is 1. The van der Waals surface area contributed by atoms with E-state index in [0.29, 0.717) is 29.0 Å². The minimum absolute atomic E-state index is 0.0687. The number of ether oxygens (including phenoxy) is 2. The van der Waals surface area contributed by atoms with Crippen LogP contribution in [0.25, 0.3) is 22.0 Å². The molecule has 25 heavy (non-hydrogen) atoms. The Balaban J connectivity index is 2.01. The summed E-state index contributed by atoms with van der Waals surface area (Å²) in [5, 5.41) is 0.634. The van der Waals surface area contributed by atoms with Crippen molar-refractivity contribution in [3.05, 3.63) is 64.3 Å². The van der Waals surface area contributed by atoms with Gasteiger partial charge in [0, 0.05) is 0 Å². The van der Waals surface area contributed by atoms with E-state index in [-0.39, 0.29) is 10.9 Å². The minimum atomic E-state index is -0.475. The Hall–Kier alpha value is -2.79. The van der Waals surface area contributed by atoms with Crippen LogP contribution in [0.1, 0.15) is 18.4 Å². The molecule has 0 aliphatic carbocycles. The SMILES string of the molecule is CCOc1cc(/C=C(\Cl)c2nc3ccccc3c(=O)o2)ccc1OC. The molecular weight excluding hydrogens is 342 g/mol. The van der Waals surface area contributed by atoms with Gasteiger partial charge in [0.1, 0.15) is 5.03 Å². The smallest absolute Gasteiger partial charge is 0.347 e. The highest BCUT2D eigenvalue weighted by molar-refractivity contribution is 6.50. The zero-order chi connectivity index (χ0) is 17.8. The maximum atomic E-state index is 12.1. The molecule has 3 aromatic rings. The number of nitrogens with zero attached hydrogens (tertiary/aromatic N) is 1. The normalized spacial score (nSPS) is 11.6. The second kappa shape index (κ2) is 7.40. The second-order valence-electron chi connectivity index (χ2n) is 5.16. The quantitative estimate of drug-likeness (QED) is 0.680. The van der Waals surface area contributed by atoms with Crippen LogP contribution in [0, 0.1) is 0 Å². The van der Waals surface area contributed by atoms with E-state index in [1.165, 1.54) is 0 Å². The summed E-state index contributed by atoms with van der Waals surface area (Å²) < 4.78 is 16.0. The molecule has 128 valence electrons. The van der Waals surface area contributed by atoms with Crippen LogP contribution in [0.5, 0.6) is 11.5 Å². The van der Waals surface area contributed by atoms with E-state index in [1.54, 1.807) is 49.6 Å². The molecule has 0 radical (unpaired) electrons. The molecule has 0 saturated carbocycles. The van der Waals surface area contributed by atoms with Crippen LogP contribution in [0.2, 0.25) is 0 Å². The summed E-state index contributed by atoms with van der Waals surface area (Å²) in [5.74, 6) is 1.31. The maximum Gasteiger partial charge on any atom is 0.347 e. The Morgan fingerprint density at radius 1 is 1.24 bits per heavy atom. The van der Waals surface area contributed by atoms with Crippen molar-refractivity contribution in [1.29, 1.82) is 0 Å². The number of fused-ring (bicyclic) bond motifs is 1. The van der Waals surface area contributed by atoms with Crippen molar-refractivity contribution in [3.63, 3.8) is 0 Å². The van der Waals surface area contributed by atoms with Gasteiger partial charge in [-0.05, 0) is 42.8 Å². The summed E-state index contributed by atoms with van der Waals surface area (Å²) in [4.78, 5) is 16.4. The van der Waals surface area contributed by atoms with Crippen LogP contribution in [0.4, 0.5) is 0 Å². The van der Waals surface area contributed by atoms with E-state index in [4.69, 9.17) is 25.5 Å². The summed E-state index contributed by atoms with van der Waals surface area (Å²) in [6.07, 6.45) is 1.66. The summed E-state index contributed by atoms with van der Waals surface area (Å²) in [6, 6.07) is 12.4. The van der Waals surface area contributed by atoms with Gasteiger partial charge in [-0.2, -0.15) is 0 Å². The standard InChI is InChI=1S/C19H16ClNO4/c1-3-24-17-11-12(8-9-16(17)23-2)10-14(20)18-21-15-7-5-4-6-13(15)19(22)25-18/h4-11H,3H2,1-2H3/b14-10-. The molecular formula is C19H16ClNO4. The van der Waals surface area contributed by atoms with Crippen molar-refractivity contribution < 1.29 is 13.9 Å². The molecule has 2 aromatic carbocycles. The summed E-state index contributed by atoms with van der Waals surface area (Å²) in [5.41, 5.74) is 0.828. The largest absolute Gasteiger partial charge is 0.493 e. The third-order valence-electron chi connectivity index (χ3n) is 3.52. The Morgan fingerprint density at radius 3 is 2.80 bits per heavy atom. The highest BCUT2D eigenvalue weighted by atomic mass is 35.5. The molecule has 0 aliphatic heterocycles. The lowest BCUT2D eigenvalue weighted by Gasteiger charge is -2.09. The van der Waals surface area contributed by atoms with E-state index in [0.717, 1.165) is 5.56 Å². The summed E-state index contributed by atoms with van der Waals surface area (Å²) >= 11 is 6.31. The van der Waals surface area contributed by atoms with Gasteiger partial charge in [-0.15, -0.1) is 0 Å². The van der Waals surface area contributed by atoms with Crippen LogP contribution < -0.4 is 15.1 Å². The average molecular weight is 358 g/mol. The monoisotopic (exact) mass is 357 g/mol. The molecule has 0 atom stereocenters. The zero-order valence-corrected chi connectivity index (χ0v) is 14.5. The zero-order valence-electron chi connectivity index (χ0n) is 13.8. The molecule has 6 heteroatoms. The van der Waals surface area contributed by atoms with Crippen molar-refractivity contribution in [2.45, 2.75) is 6.92 Å². The van der Waals surface area contributed by atoms with Crippen molar-refractivity contribution >= 4 is 33.6 Å². The Bertz CT molecular complexity index is 994. The lowest BCUT2D eigenvalue weighted by molar-refractivity contribution is 0.311. The number of methoxy groups -OCH3 is 1. The first-order chi connectivity index (χ1) is 12.1. The first-order valence-electron chi connectivity index (χ1n) is 7.70. The van der Waals surface area contributed by atoms with Gasteiger partial charge in [0.15, 0.2) is 11.5 Å². The van der Waals surface area contributed by atoms with Crippen molar-refractivity contribution in [3.8, 4) is 11.5 Å². The van der Waals surface area contributed by atoms with Gasteiger partial charge in [0.25, 0.3) is 0 Å². The maximum absolute atomic E-state index is 12.1. The Kier molecular flexibility index (Phi) is 5.05. The first-order valence-corrected chi connectivity index (χ1v) is 8.08. The first kappa shape index (κ1) is 17.0. The predicted octanol–water partition coefficient (Wildman–Crippen LogP) is 4.33. The van der Waals surface area contributed by atoms with E-state index in [1.807, 2.05) is 13.0 Å². The fourth-order valence-electron chi connectivity index (χ4n) is 2.38. The van der Waals surface area contributed by atoms with Crippen molar-refractivity contribution in [2.24, 2.45) is 0 Å². The van der Waals surface area contributed by atoms with E-state index < -0.39 is 5.63 Å². The lowest BCUT2D eigenvalue weighted by atomic mass is 10.2. The number of para-hydroxylation sites is 1. The second-order valence-corrected chi connectivity index (χ2v) is 5.57. The molecule has 5 nitrogen and oxygen atoms in total. The van der Waals surface area contributed by atoms with E-state index in [2.05, 4.69) is 4.98 Å². The van der Waals surface area contributed by atoms with Crippen LogP contribution in [-0.4, -0.2) is 18.7 Å². The third kappa shape index (κ3) is 3.67. The molecule has 0 bridgehead atoms. The van der Waals surface area contributed by atoms with Gasteiger partial charge in [0.05, 0.1) is 24.6 Å². The van der Waals surface area contributed by atoms with Gasteiger partial charge in [0.2, 0.25) is 5.89 Å². The lowest BCUT2D eigenvalue weighted by Crippen LogP contribution is -2.03. The van der Waals surface area contributed by atoms with Gasteiger partial charge in [-0.1, -0.05) is 29.8 Å². The number of hydrogen-bond acceptors (Lipinski definition) is 5. The molecule has 1 aromatic heterocycles. The van der Waals surface area contributed by atoms with Crippen molar-refractivity contribution in [1.82, 2.24) is 4.98 Å². The van der Waals surface area contributed by atoms with E-state index >= 15 is 0 Å². The molecule has 0 amide bonds. The van der Waals surface area contributed by atoms with Crippen LogP contribution in [0.3, 0.4) is 0 Å². The predicted molar refractivity (Wildman–Crippen MR) is 98.2 cm³/mol. The van der Waals surface area contributed by atoms with Gasteiger partial charge in [-0.25, -0.2) is 9.78 Å². The highest BCUT2D eigenvalue weighted by Gasteiger charge is 2.10. The van der Waals surface area contributed by atoms with Gasteiger partial charge in [-0.3, -0.25) is 0 Å². The fraction of sp³-hybridized carbons (Fsp3) is 0.158. The van der Waals surface area contributed by atoms with Crippen LogP contribution in [-0.2, 0) is 0 Å². The minimum Gasteiger partial charge on any atom is -0.493 e. The molecule has 3 rings (SSSR count). The van der Waals surface area contributed by atoms with E-state index in [9.17, 15) is 4.79 Å². The fourth-order valence-corrected chi connectivity index (χ4v) is 2.59. The third-order valence-corrected chi connectivity index (χ3v) is 3.79. The van der Waals surface area contributed by atoms with Crippen molar-refractivity contribution in [2.75, 3.05) is 13.7 Å². The molecule has 0 unspecified atom stereocenters. The average Bonchev–Trinajstić information content (AvgIpc) is 2.62. The highest BCUT2D eigenvalue weighted by Crippen LogP contribution is 2.30. The molecule has 0 N–H and O–H groups in total. The topological polar surface area (TPSA) is 61.6 Å². The molecule has 1 heterocycles. The van der Waals surface area contributed by atoms with Gasteiger partial charge < -0.3 is 13.9 Å². The number of halogens is 1. The Morgan fingerprint density at radius 2 is 2.04 bits per heavy atom. The number of rotatable bonds is 5. The van der Waals surface area contributed by atoms with Crippen LogP contribution >= 0.6 is 11.6 Å². The molecule has 0 fully saturated rings. The van der Waals surface area contributed by atoms with Gasteiger partial charge >= 0.3 is 5.63 Å².